The smallest absolute Gasteiger partial charge is 0.244 e. The molecule has 2 unspecified atom stereocenters. The summed E-state index contributed by atoms with van der Waals surface area (Å²) < 4.78 is 30.4. The highest BCUT2D eigenvalue weighted by Gasteiger charge is 2.36. The highest BCUT2D eigenvalue weighted by atomic mass is 32.2. The van der Waals surface area contributed by atoms with Crippen LogP contribution in [0.2, 0.25) is 0 Å². The molecule has 2 atom stereocenters. The predicted molar refractivity (Wildman–Crippen MR) is 87.3 cm³/mol. The highest BCUT2D eigenvalue weighted by Crippen LogP contribution is 2.47. The first kappa shape index (κ1) is 16.3. The minimum absolute atomic E-state index is 0.210. The summed E-state index contributed by atoms with van der Waals surface area (Å²) in [5.74, 6) is 2.81. The van der Waals surface area contributed by atoms with E-state index in [1.165, 1.54) is 10.4 Å². The number of furan rings is 1. The summed E-state index contributed by atoms with van der Waals surface area (Å²) in [6, 6.07) is 3.82. The van der Waals surface area contributed by atoms with Gasteiger partial charge in [0.1, 0.15) is 11.5 Å². The number of hydrogen-bond donors (Lipinski definition) is 1. The molecule has 3 rings (SSSR count). The van der Waals surface area contributed by atoms with Gasteiger partial charge >= 0.3 is 0 Å². The summed E-state index contributed by atoms with van der Waals surface area (Å²) in [5, 5.41) is 2.69. The second-order valence-electron chi connectivity index (χ2n) is 6.25. The molecule has 1 saturated heterocycles. The van der Waals surface area contributed by atoms with Crippen molar-refractivity contribution in [3.63, 3.8) is 0 Å². The van der Waals surface area contributed by atoms with Gasteiger partial charge in [-0.05, 0) is 37.0 Å². The molecule has 1 aliphatic carbocycles. The Balaban J connectivity index is 1.43. The van der Waals surface area contributed by atoms with Crippen LogP contribution in [0.1, 0.15) is 37.2 Å². The molecule has 23 heavy (non-hydrogen) atoms. The third kappa shape index (κ3) is 4.03. The maximum Gasteiger partial charge on any atom is 0.244 e. The average Bonchev–Trinajstić information content (AvgIpc) is 2.92. The SMILES string of the molecule is CC1CC1c1ccc(C=CC(=O)NCCN2CCCS2(=O)=O)o1. The molecule has 6 nitrogen and oxygen atoms in total. The minimum Gasteiger partial charge on any atom is -0.461 e. The maximum absolute atomic E-state index is 11.7. The fraction of sp³-hybridized carbons (Fsp3) is 0.562. The summed E-state index contributed by atoms with van der Waals surface area (Å²) >= 11 is 0. The second kappa shape index (κ2) is 6.49. The Morgan fingerprint density at radius 1 is 1.48 bits per heavy atom. The fourth-order valence-corrected chi connectivity index (χ4v) is 4.37. The van der Waals surface area contributed by atoms with Gasteiger partial charge in [0.25, 0.3) is 0 Å². The summed E-state index contributed by atoms with van der Waals surface area (Å²) in [5.41, 5.74) is 0. The number of amides is 1. The zero-order valence-corrected chi connectivity index (χ0v) is 14.0. The quantitative estimate of drug-likeness (QED) is 0.799. The van der Waals surface area contributed by atoms with Crippen LogP contribution in [0.3, 0.4) is 0 Å². The molecule has 0 bridgehead atoms. The molecular weight excluding hydrogens is 316 g/mol. The van der Waals surface area contributed by atoms with Crippen molar-refractivity contribution in [3.8, 4) is 0 Å². The van der Waals surface area contributed by atoms with Crippen molar-refractivity contribution >= 4 is 22.0 Å². The standard InChI is InChI=1S/C16H22N2O4S/c1-12-11-14(12)15-5-3-13(22-15)4-6-16(19)17-7-9-18-8-2-10-23(18,20)21/h3-6,12,14H,2,7-11H2,1H3,(H,17,19). The molecule has 1 aliphatic heterocycles. The lowest BCUT2D eigenvalue weighted by Crippen LogP contribution is -2.35. The van der Waals surface area contributed by atoms with Crippen molar-refractivity contribution in [3.05, 3.63) is 29.7 Å². The predicted octanol–water partition coefficient (Wildman–Crippen LogP) is 1.57. The number of nitrogens with zero attached hydrogens (tertiary/aromatic N) is 1. The number of rotatable bonds is 6. The Labute approximate surface area is 136 Å². The van der Waals surface area contributed by atoms with E-state index >= 15 is 0 Å². The summed E-state index contributed by atoms with van der Waals surface area (Å²) in [4.78, 5) is 11.7. The van der Waals surface area contributed by atoms with Crippen LogP contribution in [0.5, 0.6) is 0 Å². The largest absolute Gasteiger partial charge is 0.461 e. The Hall–Kier alpha value is -1.60. The van der Waals surface area contributed by atoms with Crippen LogP contribution in [-0.4, -0.2) is 44.0 Å². The molecular formula is C16H22N2O4S. The van der Waals surface area contributed by atoms with E-state index in [2.05, 4.69) is 12.2 Å². The van der Waals surface area contributed by atoms with Crippen molar-refractivity contribution in [1.82, 2.24) is 9.62 Å². The number of nitrogens with one attached hydrogen (secondary N) is 1. The maximum atomic E-state index is 11.7. The molecule has 2 fully saturated rings. The van der Waals surface area contributed by atoms with Gasteiger partial charge in [-0.15, -0.1) is 0 Å². The van der Waals surface area contributed by atoms with Gasteiger partial charge in [-0.2, -0.15) is 0 Å². The van der Waals surface area contributed by atoms with Crippen molar-refractivity contribution in [2.75, 3.05) is 25.4 Å². The Bertz CT molecular complexity index is 707. The Morgan fingerprint density at radius 3 is 2.91 bits per heavy atom. The van der Waals surface area contributed by atoms with Crippen molar-refractivity contribution in [1.29, 1.82) is 0 Å². The monoisotopic (exact) mass is 338 g/mol. The molecule has 1 aromatic rings. The van der Waals surface area contributed by atoms with Gasteiger partial charge in [-0.3, -0.25) is 4.79 Å². The number of carbonyl (C=O) groups is 1. The molecule has 2 heterocycles. The van der Waals surface area contributed by atoms with E-state index in [0.717, 1.165) is 12.2 Å². The van der Waals surface area contributed by atoms with Crippen LogP contribution >= 0.6 is 0 Å². The van der Waals surface area contributed by atoms with Gasteiger partial charge in [0.05, 0.1) is 5.75 Å². The van der Waals surface area contributed by atoms with Gasteiger partial charge in [0.2, 0.25) is 15.9 Å². The molecule has 7 heteroatoms. The summed E-state index contributed by atoms with van der Waals surface area (Å²) in [6.07, 6.45) is 4.88. The topological polar surface area (TPSA) is 79.6 Å². The summed E-state index contributed by atoms with van der Waals surface area (Å²) in [6.45, 7) is 3.37. The van der Waals surface area contributed by atoms with Crippen molar-refractivity contribution < 1.29 is 17.6 Å². The molecule has 2 aliphatic rings. The van der Waals surface area contributed by atoms with E-state index in [1.807, 2.05) is 12.1 Å². The second-order valence-corrected chi connectivity index (χ2v) is 8.34. The number of carbonyl (C=O) groups excluding carboxylic acids is 1. The first-order valence-corrected chi connectivity index (χ1v) is 9.60. The third-order valence-corrected chi connectivity index (χ3v) is 6.34. The van der Waals surface area contributed by atoms with Gasteiger partial charge in [0.15, 0.2) is 0 Å². The van der Waals surface area contributed by atoms with E-state index < -0.39 is 10.0 Å². The number of hydrogen-bond acceptors (Lipinski definition) is 4. The average molecular weight is 338 g/mol. The van der Waals surface area contributed by atoms with Gasteiger partial charge < -0.3 is 9.73 Å². The Kier molecular flexibility index (Phi) is 4.59. The molecule has 1 saturated carbocycles. The normalized spacial score (nSPS) is 26.7. The van der Waals surface area contributed by atoms with Crippen LogP contribution in [0, 0.1) is 5.92 Å². The fourth-order valence-electron chi connectivity index (χ4n) is 2.84. The first-order valence-electron chi connectivity index (χ1n) is 7.99. The van der Waals surface area contributed by atoms with Gasteiger partial charge in [-0.1, -0.05) is 6.92 Å². The van der Waals surface area contributed by atoms with Crippen LogP contribution in [-0.2, 0) is 14.8 Å². The summed E-state index contributed by atoms with van der Waals surface area (Å²) in [7, 11) is -3.10. The lowest BCUT2D eigenvalue weighted by molar-refractivity contribution is -0.116. The van der Waals surface area contributed by atoms with Crippen LogP contribution < -0.4 is 5.32 Å². The molecule has 0 radical (unpaired) electrons. The van der Waals surface area contributed by atoms with E-state index in [1.54, 1.807) is 6.08 Å². The van der Waals surface area contributed by atoms with Gasteiger partial charge in [0, 0.05) is 31.6 Å². The molecule has 1 N–H and O–H groups in total. The number of sulfonamides is 1. The van der Waals surface area contributed by atoms with Crippen LogP contribution in [0.15, 0.2) is 22.6 Å². The van der Waals surface area contributed by atoms with E-state index in [9.17, 15) is 13.2 Å². The van der Waals surface area contributed by atoms with E-state index in [0.29, 0.717) is 43.7 Å². The van der Waals surface area contributed by atoms with Crippen molar-refractivity contribution in [2.24, 2.45) is 5.92 Å². The van der Waals surface area contributed by atoms with Crippen LogP contribution in [0.4, 0.5) is 0 Å². The third-order valence-electron chi connectivity index (χ3n) is 4.39. The lowest BCUT2D eigenvalue weighted by atomic mass is 10.3. The Morgan fingerprint density at radius 2 is 2.26 bits per heavy atom. The van der Waals surface area contributed by atoms with Gasteiger partial charge in [-0.25, -0.2) is 12.7 Å². The zero-order chi connectivity index (χ0) is 16.4. The lowest BCUT2D eigenvalue weighted by Gasteiger charge is -2.13. The minimum atomic E-state index is -3.10. The molecule has 126 valence electrons. The van der Waals surface area contributed by atoms with Crippen molar-refractivity contribution in [2.45, 2.75) is 25.7 Å². The molecule has 1 aromatic heterocycles. The molecule has 0 spiro atoms. The zero-order valence-electron chi connectivity index (χ0n) is 13.2. The molecule has 0 aromatic carbocycles. The van der Waals surface area contributed by atoms with E-state index in [-0.39, 0.29) is 11.7 Å². The van der Waals surface area contributed by atoms with Crippen LogP contribution in [0.25, 0.3) is 6.08 Å². The molecule has 1 amide bonds. The van der Waals surface area contributed by atoms with E-state index in [4.69, 9.17) is 4.42 Å². The highest BCUT2D eigenvalue weighted by molar-refractivity contribution is 7.89. The first-order chi connectivity index (χ1) is 11.0.